The molecule has 2 unspecified atom stereocenters. The number of amides is 6. The van der Waals surface area contributed by atoms with Gasteiger partial charge in [-0.1, -0.05) is 0 Å². The molecule has 1 rings (SSSR count). The average molecular weight is 717 g/mol. The van der Waals surface area contributed by atoms with Gasteiger partial charge in [0, 0.05) is 39.0 Å². The number of carboxylic acid groups (broad SMARTS) is 3. The van der Waals surface area contributed by atoms with Crippen molar-refractivity contribution in [3.8, 4) is 0 Å². The number of hydrogen-bond acceptors (Lipinski definition) is 13. The summed E-state index contributed by atoms with van der Waals surface area (Å²) in [5, 5.41) is 46.5. The minimum absolute atomic E-state index is 0.0105. The molecule has 49 heavy (non-hydrogen) atoms. The van der Waals surface area contributed by atoms with Crippen molar-refractivity contribution in [1.29, 1.82) is 0 Å². The minimum Gasteiger partial charge on any atom is -0.481 e. The molecule has 0 saturated carbocycles. The lowest BCUT2D eigenvalue weighted by Gasteiger charge is -2.18. The van der Waals surface area contributed by atoms with E-state index in [4.69, 9.17) is 10.2 Å². The second kappa shape index (κ2) is 22.2. The molecular formula is C27H40N8O13S. The summed E-state index contributed by atoms with van der Waals surface area (Å²) in [6, 6.07) is -4.02. The zero-order valence-corrected chi connectivity index (χ0v) is 27.1. The van der Waals surface area contributed by atoms with Crippen LogP contribution in [0.3, 0.4) is 0 Å². The van der Waals surface area contributed by atoms with E-state index in [9.17, 15) is 53.1 Å². The van der Waals surface area contributed by atoms with Gasteiger partial charge in [-0.3, -0.25) is 33.6 Å². The van der Waals surface area contributed by atoms with Crippen LogP contribution in [0.25, 0.3) is 0 Å². The van der Waals surface area contributed by atoms with Gasteiger partial charge in [0.15, 0.2) is 0 Å². The normalized spacial score (nSPS) is 11.7. The van der Waals surface area contributed by atoms with Gasteiger partial charge >= 0.3 is 23.9 Å². The minimum atomic E-state index is -1.54. The maximum atomic E-state index is 12.1. The number of thiol groups is 1. The standard InChI is InChI=1S/C27H40N8O13S/c36-16(6-8-28-17(37)11-32-18(38)12-33-19(39)13-49)29-9-10-31-22-21(23(42)24(22)43)30-7-2-1-3-14(25(44)45)34-27(48)35-15(26(46)47)4-5-20(40)41/h14-15,30-31,49H,1-13H2,(H,28,37)(H,29,36)(H,32,38)(H,33,39)(H,40,41)(H,44,45)(H,46,47)(H2,34,35,48). The molecule has 1 aromatic carbocycles. The number of anilines is 2. The quantitative estimate of drug-likeness (QED) is 0.0262. The molecule has 0 aliphatic heterocycles. The third-order valence-electron chi connectivity index (χ3n) is 6.44. The van der Waals surface area contributed by atoms with Crippen molar-refractivity contribution in [2.75, 3.05) is 55.7 Å². The summed E-state index contributed by atoms with van der Waals surface area (Å²) in [4.78, 5) is 116. The van der Waals surface area contributed by atoms with Crippen LogP contribution in [0.5, 0.6) is 0 Å². The fourth-order valence-corrected chi connectivity index (χ4v) is 4.00. The zero-order chi connectivity index (χ0) is 36.9. The van der Waals surface area contributed by atoms with Gasteiger partial charge in [-0.2, -0.15) is 12.6 Å². The predicted molar refractivity (Wildman–Crippen MR) is 174 cm³/mol. The summed E-state index contributed by atoms with van der Waals surface area (Å²) in [5.41, 5.74) is -1.50. The molecule has 0 spiro atoms. The van der Waals surface area contributed by atoms with Crippen LogP contribution >= 0.6 is 12.6 Å². The second-order valence-electron chi connectivity index (χ2n) is 10.3. The third-order valence-corrected chi connectivity index (χ3v) is 6.73. The monoisotopic (exact) mass is 716 g/mol. The number of rotatable bonds is 25. The topological polar surface area (TPSA) is 328 Å². The van der Waals surface area contributed by atoms with Crippen LogP contribution in [-0.2, 0) is 33.6 Å². The number of urea groups is 1. The Hall–Kier alpha value is -5.41. The third kappa shape index (κ3) is 16.8. The summed E-state index contributed by atoms with van der Waals surface area (Å²) >= 11 is 3.74. The van der Waals surface area contributed by atoms with Crippen LogP contribution in [0.1, 0.15) is 38.5 Å². The highest BCUT2D eigenvalue weighted by Gasteiger charge is 2.25. The molecule has 0 fully saturated rings. The van der Waals surface area contributed by atoms with Crippen LogP contribution in [0.4, 0.5) is 16.2 Å². The van der Waals surface area contributed by atoms with Crippen molar-refractivity contribution in [2.45, 2.75) is 50.6 Å². The van der Waals surface area contributed by atoms with Crippen LogP contribution in [0.15, 0.2) is 9.59 Å². The van der Waals surface area contributed by atoms with E-state index in [1.54, 1.807) is 0 Å². The van der Waals surface area contributed by atoms with Gasteiger partial charge < -0.3 is 57.9 Å². The van der Waals surface area contributed by atoms with Crippen molar-refractivity contribution >= 4 is 71.6 Å². The molecule has 272 valence electrons. The fourth-order valence-electron chi connectivity index (χ4n) is 3.89. The number of hydrogen-bond donors (Lipinski definition) is 12. The van der Waals surface area contributed by atoms with Crippen molar-refractivity contribution < 1.29 is 53.7 Å². The van der Waals surface area contributed by atoms with Crippen molar-refractivity contribution in [3.05, 3.63) is 20.4 Å². The zero-order valence-electron chi connectivity index (χ0n) is 26.2. The first kappa shape index (κ1) is 41.6. The number of unbranched alkanes of at least 4 members (excludes halogenated alkanes) is 1. The molecule has 0 radical (unpaired) electrons. The van der Waals surface area contributed by atoms with E-state index in [1.807, 2.05) is 5.32 Å². The Kier molecular flexibility index (Phi) is 18.9. The number of carboxylic acids is 3. The molecule has 1 aromatic rings. The highest BCUT2D eigenvalue weighted by molar-refractivity contribution is 7.81. The van der Waals surface area contributed by atoms with Gasteiger partial charge in [0.2, 0.25) is 23.6 Å². The van der Waals surface area contributed by atoms with Gasteiger partial charge in [0.25, 0.3) is 10.9 Å². The molecule has 0 aromatic heterocycles. The molecule has 0 aliphatic rings. The number of aliphatic carboxylic acids is 3. The van der Waals surface area contributed by atoms with Gasteiger partial charge in [0.1, 0.15) is 23.5 Å². The van der Waals surface area contributed by atoms with Gasteiger partial charge in [-0.15, -0.1) is 0 Å². The first-order valence-corrected chi connectivity index (χ1v) is 15.5. The number of nitrogens with one attached hydrogen (secondary N) is 8. The van der Waals surface area contributed by atoms with E-state index in [2.05, 4.69) is 49.8 Å². The van der Waals surface area contributed by atoms with Crippen LogP contribution in [0, 0.1) is 0 Å². The van der Waals surface area contributed by atoms with E-state index < -0.39 is 83.4 Å². The molecule has 22 heteroatoms. The molecular weight excluding hydrogens is 676 g/mol. The van der Waals surface area contributed by atoms with E-state index in [-0.39, 0.29) is 75.7 Å². The molecule has 0 saturated heterocycles. The Morgan fingerprint density at radius 1 is 0.571 bits per heavy atom. The lowest BCUT2D eigenvalue weighted by Crippen LogP contribution is -2.51. The number of carbonyl (C=O) groups excluding carboxylic acids is 5. The van der Waals surface area contributed by atoms with Crippen molar-refractivity contribution in [1.82, 2.24) is 31.9 Å². The highest BCUT2D eigenvalue weighted by atomic mass is 32.1. The first-order chi connectivity index (χ1) is 23.2. The Morgan fingerprint density at radius 3 is 1.63 bits per heavy atom. The lowest BCUT2D eigenvalue weighted by atomic mass is 10.1. The van der Waals surface area contributed by atoms with Crippen molar-refractivity contribution in [3.63, 3.8) is 0 Å². The Bertz CT molecular complexity index is 1430. The lowest BCUT2D eigenvalue weighted by molar-refractivity contribution is -0.141. The van der Waals surface area contributed by atoms with E-state index in [0.29, 0.717) is 6.42 Å². The van der Waals surface area contributed by atoms with Crippen LogP contribution in [-0.4, -0.2) is 120 Å². The Morgan fingerprint density at radius 2 is 1.08 bits per heavy atom. The predicted octanol–water partition coefficient (Wildman–Crippen LogP) is -3.87. The van der Waals surface area contributed by atoms with Gasteiger partial charge in [-0.25, -0.2) is 14.4 Å². The first-order valence-electron chi connectivity index (χ1n) is 14.9. The molecule has 0 aliphatic carbocycles. The number of carbonyl (C=O) groups is 8. The summed E-state index contributed by atoms with van der Waals surface area (Å²) in [5.74, 6) is -6.22. The van der Waals surface area contributed by atoms with Gasteiger partial charge in [-0.05, 0) is 25.7 Å². The Labute approximate surface area is 283 Å². The van der Waals surface area contributed by atoms with E-state index in [1.165, 1.54) is 0 Å². The average Bonchev–Trinajstić information content (AvgIpc) is 3.05. The summed E-state index contributed by atoms with van der Waals surface area (Å²) in [7, 11) is 0. The summed E-state index contributed by atoms with van der Waals surface area (Å²) in [6.07, 6.45) is -0.521. The molecule has 2 atom stereocenters. The van der Waals surface area contributed by atoms with Gasteiger partial charge in [0.05, 0.1) is 18.8 Å². The van der Waals surface area contributed by atoms with E-state index >= 15 is 0 Å². The van der Waals surface area contributed by atoms with Crippen LogP contribution < -0.4 is 53.4 Å². The van der Waals surface area contributed by atoms with E-state index in [0.717, 1.165) is 0 Å². The maximum absolute atomic E-state index is 12.1. The highest BCUT2D eigenvalue weighted by Crippen LogP contribution is 2.14. The SMILES string of the molecule is O=C(O)CCC(NC(=O)NC(CCCCNc1c(NCCNC(=O)CCNC(=O)CNC(=O)CNC(=O)CS)c(=O)c1=O)C(=O)O)C(=O)O. The molecule has 0 bridgehead atoms. The molecule has 6 amide bonds. The molecule has 0 heterocycles. The molecule has 21 nitrogen and oxygen atoms in total. The molecule has 11 N–H and O–H groups in total. The summed E-state index contributed by atoms with van der Waals surface area (Å²) < 4.78 is 0. The van der Waals surface area contributed by atoms with Crippen molar-refractivity contribution in [2.24, 2.45) is 0 Å². The summed E-state index contributed by atoms with van der Waals surface area (Å²) in [6.45, 7) is -0.370. The van der Waals surface area contributed by atoms with Crippen LogP contribution in [0.2, 0.25) is 0 Å². The second-order valence-corrected chi connectivity index (χ2v) is 10.6. The fraction of sp³-hybridized carbons (Fsp3) is 0.556. The largest absolute Gasteiger partial charge is 0.481 e. The maximum Gasteiger partial charge on any atom is 0.326 e. The Balaban J connectivity index is 2.33. The smallest absolute Gasteiger partial charge is 0.326 e.